The minimum atomic E-state index is -0.0655. The maximum atomic E-state index is 5.94. The van der Waals surface area contributed by atoms with E-state index in [9.17, 15) is 0 Å². The summed E-state index contributed by atoms with van der Waals surface area (Å²) >= 11 is 0. The molecule has 2 unspecified atom stereocenters. The van der Waals surface area contributed by atoms with Crippen LogP contribution in [-0.4, -0.2) is 50.7 Å². The molecule has 0 spiro atoms. The van der Waals surface area contributed by atoms with Gasteiger partial charge in [0.25, 0.3) is 0 Å². The summed E-state index contributed by atoms with van der Waals surface area (Å²) in [5, 5.41) is 3.39. The van der Waals surface area contributed by atoms with E-state index in [4.69, 9.17) is 14.2 Å². The molecule has 0 radical (unpaired) electrons. The summed E-state index contributed by atoms with van der Waals surface area (Å²) in [5.74, 6) is 0. The lowest BCUT2D eigenvalue weighted by Crippen LogP contribution is -2.51. The number of rotatable bonds is 6. The molecule has 0 aromatic carbocycles. The fourth-order valence-electron chi connectivity index (χ4n) is 2.66. The second kappa shape index (κ2) is 6.85. The van der Waals surface area contributed by atoms with Gasteiger partial charge in [-0.1, -0.05) is 0 Å². The van der Waals surface area contributed by atoms with E-state index in [0.717, 1.165) is 39.1 Å². The van der Waals surface area contributed by atoms with Gasteiger partial charge in [-0.2, -0.15) is 0 Å². The Morgan fingerprint density at radius 1 is 1.33 bits per heavy atom. The third kappa shape index (κ3) is 4.84. The van der Waals surface area contributed by atoms with Gasteiger partial charge in [-0.05, 0) is 39.5 Å². The second-order valence-electron chi connectivity index (χ2n) is 5.98. The second-order valence-corrected chi connectivity index (χ2v) is 5.98. The molecule has 2 fully saturated rings. The van der Waals surface area contributed by atoms with Crippen LogP contribution in [0, 0.1) is 0 Å². The van der Waals surface area contributed by atoms with Crippen molar-refractivity contribution < 1.29 is 14.2 Å². The van der Waals surface area contributed by atoms with Gasteiger partial charge in [0.1, 0.15) is 0 Å². The maximum Gasteiger partial charge on any atom is 0.0940 e. The Morgan fingerprint density at radius 2 is 2.22 bits per heavy atom. The Kier molecular flexibility index (Phi) is 5.42. The molecule has 2 rings (SSSR count). The van der Waals surface area contributed by atoms with E-state index in [1.165, 1.54) is 12.8 Å². The summed E-state index contributed by atoms with van der Waals surface area (Å²) in [6.07, 6.45) is 5.35. The highest BCUT2D eigenvalue weighted by molar-refractivity contribution is 4.81. The molecular formula is C14H27NO3. The smallest absolute Gasteiger partial charge is 0.0940 e. The molecular weight excluding hydrogens is 230 g/mol. The monoisotopic (exact) mass is 257 g/mol. The first-order chi connectivity index (χ1) is 8.66. The third-order valence-electron chi connectivity index (χ3n) is 3.55. The van der Waals surface area contributed by atoms with Crippen molar-refractivity contribution >= 4 is 0 Å². The maximum absolute atomic E-state index is 5.94. The first-order valence-electron chi connectivity index (χ1n) is 7.24. The van der Waals surface area contributed by atoms with Gasteiger partial charge >= 0.3 is 0 Å². The first kappa shape index (κ1) is 14.3. The molecule has 4 heteroatoms. The zero-order chi connectivity index (χ0) is 12.8. The lowest BCUT2D eigenvalue weighted by Gasteiger charge is -2.36. The molecule has 18 heavy (non-hydrogen) atoms. The van der Waals surface area contributed by atoms with Crippen LogP contribution < -0.4 is 5.32 Å². The Bertz CT molecular complexity index is 239. The first-order valence-corrected chi connectivity index (χ1v) is 7.24. The van der Waals surface area contributed by atoms with Gasteiger partial charge in [-0.3, -0.25) is 0 Å². The van der Waals surface area contributed by atoms with Crippen LogP contribution in [0.4, 0.5) is 0 Å². The third-order valence-corrected chi connectivity index (χ3v) is 3.55. The average Bonchev–Trinajstić information content (AvgIpc) is 2.80. The summed E-state index contributed by atoms with van der Waals surface area (Å²) in [7, 11) is 0. The molecule has 106 valence electrons. The molecule has 0 aromatic heterocycles. The average molecular weight is 257 g/mol. The number of hydrogen-bond donors (Lipinski definition) is 1. The molecule has 0 aromatic rings. The predicted octanol–water partition coefficient (Wildman–Crippen LogP) is 1.73. The molecule has 2 aliphatic heterocycles. The molecule has 1 N–H and O–H groups in total. The lowest BCUT2D eigenvalue weighted by atomic mass is 10.1. The highest BCUT2D eigenvalue weighted by atomic mass is 16.5. The van der Waals surface area contributed by atoms with Crippen LogP contribution in [0.3, 0.4) is 0 Å². The molecule has 2 aliphatic rings. The van der Waals surface area contributed by atoms with Crippen molar-refractivity contribution in [1.29, 1.82) is 0 Å². The summed E-state index contributed by atoms with van der Waals surface area (Å²) in [6, 6.07) is 0. The summed E-state index contributed by atoms with van der Waals surface area (Å²) in [6.45, 7) is 8.51. The Hall–Kier alpha value is -0.160. The lowest BCUT2D eigenvalue weighted by molar-refractivity contribution is -0.120. The van der Waals surface area contributed by atoms with Crippen LogP contribution >= 0.6 is 0 Å². The fourth-order valence-corrected chi connectivity index (χ4v) is 2.66. The van der Waals surface area contributed by atoms with Crippen LogP contribution in [0.1, 0.15) is 39.5 Å². The number of ether oxygens (including phenoxy) is 3. The van der Waals surface area contributed by atoms with Crippen molar-refractivity contribution in [3.05, 3.63) is 0 Å². The quantitative estimate of drug-likeness (QED) is 0.736. The topological polar surface area (TPSA) is 39.7 Å². The zero-order valence-electron chi connectivity index (χ0n) is 11.7. The van der Waals surface area contributed by atoms with E-state index in [2.05, 4.69) is 19.2 Å². The van der Waals surface area contributed by atoms with Gasteiger partial charge < -0.3 is 19.5 Å². The Labute approximate surface area is 110 Å². The van der Waals surface area contributed by atoms with E-state index in [1.807, 2.05) is 0 Å². The van der Waals surface area contributed by atoms with Gasteiger partial charge in [0.2, 0.25) is 0 Å². The molecule has 2 saturated heterocycles. The van der Waals surface area contributed by atoms with Crippen molar-refractivity contribution in [1.82, 2.24) is 5.32 Å². The normalized spacial score (nSPS) is 31.7. The molecule has 0 aliphatic carbocycles. The molecule has 4 nitrogen and oxygen atoms in total. The van der Waals surface area contributed by atoms with Crippen LogP contribution in [0.25, 0.3) is 0 Å². The van der Waals surface area contributed by atoms with Crippen LogP contribution in [0.5, 0.6) is 0 Å². The van der Waals surface area contributed by atoms with E-state index in [0.29, 0.717) is 12.7 Å². The van der Waals surface area contributed by atoms with E-state index < -0.39 is 0 Å². The number of nitrogens with one attached hydrogen (secondary N) is 1. The van der Waals surface area contributed by atoms with Gasteiger partial charge in [0, 0.05) is 26.3 Å². The molecule has 2 heterocycles. The predicted molar refractivity (Wildman–Crippen MR) is 70.8 cm³/mol. The van der Waals surface area contributed by atoms with Gasteiger partial charge in [0.15, 0.2) is 0 Å². The van der Waals surface area contributed by atoms with Crippen LogP contribution in [0.15, 0.2) is 0 Å². The molecule has 0 saturated carbocycles. The SMILES string of the molecule is CC1(C)CNCC(COCCCC2CCCO2)O1. The van der Waals surface area contributed by atoms with Gasteiger partial charge in [0.05, 0.1) is 24.4 Å². The summed E-state index contributed by atoms with van der Waals surface area (Å²) < 4.78 is 17.2. The summed E-state index contributed by atoms with van der Waals surface area (Å²) in [4.78, 5) is 0. The minimum Gasteiger partial charge on any atom is -0.379 e. The van der Waals surface area contributed by atoms with Gasteiger partial charge in [-0.15, -0.1) is 0 Å². The minimum absolute atomic E-state index is 0.0655. The van der Waals surface area contributed by atoms with Crippen LogP contribution in [0.2, 0.25) is 0 Å². The van der Waals surface area contributed by atoms with E-state index in [-0.39, 0.29) is 11.7 Å². The largest absolute Gasteiger partial charge is 0.379 e. The molecule has 2 atom stereocenters. The summed E-state index contributed by atoms with van der Waals surface area (Å²) in [5.41, 5.74) is -0.0655. The number of hydrogen-bond acceptors (Lipinski definition) is 4. The van der Waals surface area contributed by atoms with Crippen LogP contribution in [-0.2, 0) is 14.2 Å². The van der Waals surface area contributed by atoms with E-state index in [1.54, 1.807) is 0 Å². The Morgan fingerprint density at radius 3 is 2.94 bits per heavy atom. The highest BCUT2D eigenvalue weighted by Gasteiger charge is 2.28. The zero-order valence-corrected chi connectivity index (χ0v) is 11.7. The Balaban J connectivity index is 1.50. The molecule has 0 bridgehead atoms. The van der Waals surface area contributed by atoms with Gasteiger partial charge in [-0.25, -0.2) is 0 Å². The standard InChI is InChI=1S/C14H27NO3/c1-14(2)11-15-9-13(18-14)10-16-7-3-5-12-6-4-8-17-12/h12-13,15H,3-11H2,1-2H3. The van der Waals surface area contributed by atoms with Crippen molar-refractivity contribution in [3.8, 4) is 0 Å². The van der Waals surface area contributed by atoms with E-state index >= 15 is 0 Å². The number of morpholine rings is 1. The molecule has 0 amide bonds. The van der Waals surface area contributed by atoms with Crippen molar-refractivity contribution in [2.24, 2.45) is 0 Å². The highest BCUT2D eigenvalue weighted by Crippen LogP contribution is 2.17. The van der Waals surface area contributed by atoms with Crippen molar-refractivity contribution in [2.45, 2.75) is 57.3 Å². The van der Waals surface area contributed by atoms with Crippen molar-refractivity contribution in [2.75, 3.05) is 32.9 Å². The fraction of sp³-hybridized carbons (Fsp3) is 1.00. The van der Waals surface area contributed by atoms with Crippen molar-refractivity contribution in [3.63, 3.8) is 0 Å².